The van der Waals surface area contributed by atoms with Crippen LogP contribution in [0.15, 0.2) is 29.5 Å². The first-order valence-corrected chi connectivity index (χ1v) is 4.20. The van der Waals surface area contributed by atoms with Crippen molar-refractivity contribution < 1.29 is 70.7 Å². The summed E-state index contributed by atoms with van der Waals surface area (Å²) in [5, 5.41) is 0. The van der Waals surface area contributed by atoms with E-state index in [4.69, 9.17) is 0 Å². The Morgan fingerprint density at radius 1 is 1.38 bits per heavy atom. The Hall–Kier alpha value is 0.945. The fourth-order valence-electron chi connectivity index (χ4n) is 1.26. The Labute approximate surface area is 146 Å². The summed E-state index contributed by atoms with van der Waals surface area (Å²) in [6.45, 7) is 6.67. The number of aliphatic imine (C=N–C) groups is 1. The molecule has 83 valence electrons. The van der Waals surface area contributed by atoms with Crippen molar-refractivity contribution in [2.24, 2.45) is 4.99 Å². The van der Waals surface area contributed by atoms with Crippen molar-refractivity contribution in [3.8, 4) is 0 Å². The van der Waals surface area contributed by atoms with E-state index in [1.807, 2.05) is 29.9 Å². The van der Waals surface area contributed by atoms with E-state index >= 15 is 0 Å². The second-order valence-corrected chi connectivity index (χ2v) is 3.01. The van der Waals surface area contributed by atoms with Crippen molar-refractivity contribution in [1.82, 2.24) is 9.88 Å². The maximum Gasteiger partial charge on any atom is 0.0499 e. The molecule has 0 amide bonds. The van der Waals surface area contributed by atoms with E-state index in [1.54, 1.807) is 12.4 Å². The molecule has 1 radical (unpaired) electrons. The van der Waals surface area contributed by atoms with Crippen LogP contribution in [0.1, 0.15) is 5.56 Å². The molecule has 0 saturated heterocycles. The molecule has 2 heterocycles. The van der Waals surface area contributed by atoms with Crippen molar-refractivity contribution in [1.29, 1.82) is 0 Å². The molecular formula is C10H11N3UVW-2. The van der Waals surface area contributed by atoms with E-state index in [-0.39, 0.29) is 76.8 Å². The van der Waals surface area contributed by atoms with Crippen molar-refractivity contribution in [2.45, 2.75) is 12.6 Å². The van der Waals surface area contributed by atoms with Gasteiger partial charge < -0.3 is 16.8 Å². The normalized spacial score (nSPS) is 17.1. The van der Waals surface area contributed by atoms with E-state index in [2.05, 4.69) is 16.9 Å². The zero-order valence-electron chi connectivity index (χ0n) is 8.65. The van der Waals surface area contributed by atoms with Crippen LogP contribution in [-0.4, -0.2) is 22.3 Å². The SMILES string of the molecule is [CH2-]C1[CH-]N(Cc2ccncc2)C=N1.[U].[V].[W]. The predicted octanol–water partition coefficient (Wildman–Crippen LogP) is 1.28. The van der Waals surface area contributed by atoms with Gasteiger partial charge >= 0.3 is 0 Å². The van der Waals surface area contributed by atoms with Gasteiger partial charge in [0.15, 0.2) is 0 Å². The fourth-order valence-corrected chi connectivity index (χ4v) is 1.26. The standard InChI is InChI=1S/C10H11N3.U.V.W/c1-9-6-13(8-12-9)7-10-2-4-11-5-3-10;;;/h2-6,8-9H,1,7H2;;;/q-2;;;. The summed E-state index contributed by atoms with van der Waals surface area (Å²) >= 11 is 0. The molecular weight excluding hydrogens is 635 g/mol. The molecule has 1 aromatic rings. The van der Waals surface area contributed by atoms with Gasteiger partial charge in [0, 0.05) is 96.0 Å². The smallest absolute Gasteiger partial charge is 0.0499 e. The summed E-state index contributed by atoms with van der Waals surface area (Å²) in [5.74, 6) is 0. The first-order chi connectivity index (χ1) is 6.34. The van der Waals surface area contributed by atoms with E-state index in [9.17, 15) is 0 Å². The van der Waals surface area contributed by atoms with Gasteiger partial charge in [-0.2, -0.15) is 6.04 Å². The van der Waals surface area contributed by atoms with E-state index in [1.165, 1.54) is 5.56 Å². The van der Waals surface area contributed by atoms with Gasteiger partial charge in [-0.1, -0.05) is 0 Å². The van der Waals surface area contributed by atoms with Crippen LogP contribution < -0.4 is 0 Å². The number of rotatable bonds is 2. The first kappa shape index (κ1) is 19.3. The number of aromatic nitrogens is 1. The summed E-state index contributed by atoms with van der Waals surface area (Å²) in [4.78, 5) is 10.1. The second-order valence-electron chi connectivity index (χ2n) is 3.01. The third-order valence-corrected chi connectivity index (χ3v) is 1.88. The molecule has 0 aromatic carbocycles. The number of pyridine rings is 1. The summed E-state index contributed by atoms with van der Waals surface area (Å²) in [5.41, 5.74) is 1.23. The van der Waals surface area contributed by atoms with Crippen molar-refractivity contribution in [3.63, 3.8) is 0 Å². The van der Waals surface area contributed by atoms with Crippen molar-refractivity contribution in [3.05, 3.63) is 43.6 Å². The fraction of sp³-hybridized carbons (Fsp3) is 0.200. The van der Waals surface area contributed by atoms with Gasteiger partial charge in [0.2, 0.25) is 0 Å². The molecule has 1 aliphatic rings. The molecule has 1 aliphatic heterocycles. The zero-order chi connectivity index (χ0) is 9.10. The van der Waals surface area contributed by atoms with Crippen LogP contribution in [0.3, 0.4) is 0 Å². The van der Waals surface area contributed by atoms with Crippen LogP contribution >= 0.6 is 0 Å². The predicted molar refractivity (Wildman–Crippen MR) is 51.7 cm³/mol. The molecule has 0 aliphatic carbocycles. The van der Waals surface area contributed by atoms with E-state index < -0.39 is 0 Å². The topological polar surface area (TPSA) is 28.5 Å². The van der Waals surface area contributed by atoms with Crippen LogP contribution in [0, 0.1) is 44.6 Å². The van der Waals surface area contributed by atoms with Crippen molar-refractivity contribution in [2.75, 3.05) is 0 Å². The maximum absolute atomic E-state index is 4.13. The maximum atomic E-state index is 4.13. The van der Waals surface area contributed by atoms with Gasteiger partial charge in [-0.3, -0.25) is 4.98 Å². The Balaban J connectivity index is 0. The molecule has 0 saturated carbocycles. The summed E-state index contributed by atoms with van der Waals surface area (Å²) in [6.07, 6.45) is 5.41. The number of nitrogens with zero attached hydrogens (tertiary/aromatic N) is 3. The van der Waals surface area contributed by atoms with Gasteiger partial charge in [0.05, 0.1) is 0 Å². The van der Waals surface area contributed by atoms with Gasteiger partial charge in [-0.05, 0) is 17.7 Å². The first-order valence-electron chi connectivity index (χ1n) is 4.20. The van der Waals surface area contributed by atoms with Crippen LogP contribution in [0.5, 0.6) is 0 Å². The monoisotopic (exact) mass is 646 g/mol. The van der Waals surface area contributed by atoms with Crippen molar-refractivity contribution >= 4 is 6.34 Å². The van der Waals surface area contributed by atoms with E-state index in [0.717, 1.165) is 6.54 Å². The summed E-state index contributed by atoms with van der Waals surface area (Å²) in [7, 11) is 0. The molecule has 6 heteroatoms. The molecule has 0 spiro atoms. The molecule has 1 unspecified atom stereocenters. The average Bonchev–Trinajstić information content (AvgIpc) is 2.53. The van der Waals surface area contributed by atoms with Gasteiger partial charge in [0.1, 0.15) is 0 Å². The summed E-state index contributed by atoms with van der Waals surface area (Å²) < 4.78 is 0. The Morgan fingerprint density at radius 3 is 2.50 bits per heavy atom. The average molecular weight is 646 g/mol. The summed E-state index contributed by atoms with van der Waals surface area (Å²) in [6, 6.07) is 4.07. The van der Waals surface area contributed by atoms with Crippen LogP contribution in [0.2, 0.25) is 0 Å². The van der Waals surface area contributed by atoms with E-state index in [0.29, 0.717) is 0 Å². The minimum absolute atomic E-state index is 0. The Morgan fingerprint density at radius 2 is 2.00 bits per heavy atom. The quantitative estimate of drug-likeness (QED) is 0.454. The molecule has 0 N–H and O–H groups in total. The molecule has 3 nitrogen and oxygen atoms in total. The van der Waals surface area contributed by atoms with Crippen LogP contribution in [0.4, 0.5) is 0 Å². The number of hydrogen-bond donors (Lipinski definition) is 0. The Bertz CT molecular complexity index is 310. The van der Waals surface area contributed by atoms with Gasteiger partial charge in [0.25, 0.3) is 0 Å². The third-order valence-electron chi connectivity index (χ3n) is 1.88. The molecule has 0 fully saturated rings. The molecule has 0 bridgehead atoms. The Kier molecular flexibility index (Phi) is 12.0. The molecule has 1 aromatic heterocycles. The van der Waals surface area contributed by atoms with Crippen LogP contribution in [0.25, 0.3) is 0 Å². The second kappa shape index (κ2) is 9.92. The third kappa shape index (κ3) is 6.03. The molecule has 16 heavy (non-hydrogen) atoms. The minimum Gasteiger partial charge on any atom is -0.511 e. The zero-order valence-corrected chi connectivity index (χ0v) is 17.1. The van der Waals surface area contributed by atoms with Gasteiger partial charge in [-0.15, -0.1) is 0 Å². The molecule has 1 atom stereocenters. The van der Waals surface area contributed by atoms with Crippen LogP contribution in [-0.2, 0) is 46.2 Å². The van der Waals surface area contributed by atoms with Gasteiger partial charge in [-0.25, -0.2) is 6.54 Å². The largest absolute Gasteiger partial charge is 0.511 e. The number of hydrogen-bond acceptors (Lipinski definition) is 3. The minimum atomic E-state index is 0. The molecule has 2 rings (SSSR count).